The van der Waals surface area contributed by atoms with Gasteiger partial charge in [-0.1, -0.05) is 5.21 Å². The highest BCUT2D eigenvalue weighted by atomic mass is 15.4. The normalized spacial score (nSPS) is 27.7. The fourth-order valence-corrected chi connectivity index (χ4v) is 3.53. The summed E-state index contributed by atoms with van der Waals surface area (Å²) in [7, 11) is 0. The van der Waals surface area contributed by atoms with Crippen LogP contribution in [0.1, 0.15) is 39.3 Å². The lowest BCUT2D eigenvalue weighted by atomic mass is 9.72. The first-order chi connectivity index (χ1) is 8.43. The number of aromatic nitrogens is 3. The number of likely N-dealkylation sites (tertiary alicyclic amines) is 1. The van der Waals surface area contributed by atoms with E-state index in [4.69, 9.17) is 5.73 Å². The highest BCUT2D eigenvalue weighted by molar-refractivity contribution is 5.24. The molecule has 100 valence electrons. The third-order valence-electron chi connectivity index (χ3n) is 4.81. The number of piperidine rings is 1. The Bertz CT molecular complexity index is 436. The standard InChI is InChI=1S/C13H23N5/c1-12(2,3)17-6-4-13(5-7-17)10(14)9-18-11(13)8-15-16-18/h8,10H,4-7,9,14H2,1-3H3. The number of hydrogen-bond donors (Lipinski definition) is 1. The van der Waals surface area contributed by atoms with Gasteiger partial charge in [-0.2, -0.15) is 0 Å². The Morgan fingerprint density at radius 1 is 1.33 bits per heavy atom. The summed E-state index contributed by atoms with van der Waals surface area (Å²) in [6.45, 7) is 9.90. The molecule has 0 radical (unpaired) electrons. The zero-order chi connectivity index (χ0) is 13.0. The quantitative estimate of drug-likeness (QED) is 0.737. The zero-order valence-corrected chi connectivity index (χ0v) is 11.6. The lowest BCUT2D eigenvalue weighted by molar-refractivity contribution is 0.0688. The molecule has 2 aliphatic heterocycles. The Labute approximate surface area is 108 Å². The molecule has 0 bridgehead atoms. The number of nitrogens with two attached hydrogens (primary N) is 1. The van der Waals surface area contributed by atoms with Gasteiger partial charge in [0.2, 0.25) is 0 Å². The summed E-state index contributed by atoms with van der Waals surface area (Å²) in [5.41, 5.74) is 8.01. The van der Waals surface area contributed by atoms with E-state index in [0.29, 0.717) is 0 Å². The van der Waals surface area contributed by atoms with Crippen LogP contribution in [0.3, 0.4) is 0 Å². The summed E-state index contributed by atoms with van der Waals surface area (Å²) in [6.07, 6.45) is 4.16. The third kappa shape index (κ3) is 1.61. The van der Waals surface area contributed by atoms with Gasteiger partial charge < -0.3 is 5.73 Å². The molecular formula is C13H23N5. The molecule has 0 amide bonds. The van der Waals surface area contributed by atoms with Gasteiger partial charge in [0.05, 0.1) is 18.4 Å². The summed E-state index contributed by atoms with van der Waals surface area (Å²) in [5.74, 6) is 0. The van der Waals surface area contributed by atoms with Crippen LogP contribution in [0.4, 0.5) is 0 Å². The molecule has 0 aromatic carbocycles. The topological polar surface area (TPSA) is 60.0 Å². The largest absolute Gasteiger partial charge is 0.325 e. The highest BCUT2D eigenvalue weighted by Crippen LogP contribution is 2.42. The van der Waals surface area contributed by atoms with E-state index in [1.54, 1.807) is 0 Å². The molecule has 5 nitrogen and oxygen atoms in total. The summed E-state index contributed by atoms with van der Waals surface area (Å²) in [6, 6.07) is 0.199. The molecule has 18 heavy (non-hydrogen) atoms. The predicted molar refractivity (Wildman–Crippen MR) is 70.2 cm³/mol. The van der Waals surface area contributed by atoms with Crippen LogP contribution in [0.5, 0.6) is 0 Å². The number of nitrogens with zero attached hydrogens (tertiary/aromatic N) is 4. The Balaban J connectivity index is 1.84. The van der Waals surface area contributed by atoms with Crippen molar-refractivity contribution in [2.45, 2.75) is 57.2 Å². The average Bonchev–Trinajstić information content (AvgIpc) is 2.83. The first-order valence-electron chi connectivity index (χ1n) is 6.83. The molecule has 2 N–H and O–H groups in total. The van der Waals surface area contributed by atoms with Gasteiger partial charge in [0.15, 0.2) is 0 Å². The summed E-state index contributed by atoms with van der Waals surface area (Å²) in [4.78, 5) is 2.55. The second-order valence-corrected chi connectivity index (χ2v) is 6.72. The summed E-state index contributed by atoms with van der Waals surface area (Å²) >= 11 is 0. The van der Waals surface area contributed by atoms with Crippen molar-refractivity contribution in [3.05, 3.63) is 11.9 Å². The molecule has 1 unspecified atom stereocenters. The summed E-state index contributed by atoms with van der Waals surface area (Å²) in [5, 5.41) is 8.18. The molecule has 0 saturated carbocycles. The van der Waals surface area contributed by atoms with Crippen molar-refractivity contribution in [3.63, 3.8) is 0 Å². The molecule has 1 saturated heterocycles. The van der Waals surface area contributed by atoms with E-state index in [2.05, 4.69) is 36.0 Å². The van der Waals surface area contributed by atoms with Gasteiger partial charge in [-0.15, -0.1) is 5.10 Å². The van der Waals surface area contributed by atoms with Crippen LogP contribution in [0, 0.1) is 0 Å². The Kier molecular flexibility index (Phi) is 2.54. The highest BCUT2D eigenvalue weighted by Gasteiger charge is 2.49. The minimum absolute atomic E-state index is 0.116. The maximum atomic E-state index is 6.39. The van der Waals surface area contributed by atoms with E-state index in [1.807, 2.05) is 10.9 Å². The zero-order valence-electron chi connectivity index (χ0n) is 11.6. The first-order valence-corrected chi connectivity index (χ1v) is 6.83. The van der Waals surface area contributed by atoms with Gasteiger partial charge in [0.25, 0.3) is 0 Å². The van der Waals surface area contributed by atoms with Gasteiger partial charge >= 0.3 is 0 Å². The average molecular weight is 249 g/mol. The second kappa shape index (κ2) is 3.78. The van der Waals surface area contributed by atoms with Crippen LogP contribution in [0.25, 0.3) is 0 Å². The lowest BCUT2D eigenvalue weighted by Gasteiger charge is -2.46. The minimum Gasteiger partial charge on any atom is -0.325 e. The Morgan fingerprint density at radius 3 is 2.61 bits per heavy atom. The number of hydrogen-bond acceptors (Lipinski definition) is 4. The molecule has 1 aromatic rings. The Morgan fingerprint density at radius 2 is 2.00 bits per heavy atom. The van der Waals surface area contributed by atoms with Crippen molar-refractivity contribution < 1.29 is 0 Å². The van der Waals surface area contributed by atoms with Crippen molar-refractivity contribution in [1.29, 1.82) is 0 Å². The van der Waals surface area contributed by atoms with Crippen LogP contribution in [0.2, 0.25) is 0 Å². The summed E-state index contributed by atoms with van der Waals surface area (Å²) < 4.78 is 2.00. The lowest BCUT2D eigenvalue weighted by Crippen LogP contribution is -2.54. The molecular weight excluding hydrogens is 226 g/mol. The molecule has 1 aromatic heterocycles. The van der Waals surface area contributed by atoms with Crippen LogP contribution in [-0.4, -0.2) is 44.6 Å². The molecule has 2 aliphatic rings. The van der Waals surface area contributed by atoms with Crippen LogP contribution in [0.15, 0.2) is 6.20 Å². The third-order valence-corrected chi connectivity index (χ3v) is 4.81. The number of fused-ring (bicyclic) bond motifs is 2. The minimum atomic E-state index is 0.116. The molecule has 1 fully saturated rings. The SMILES string of the molecule is CC(C)(C)N1CCC2(CC1)c1cnnn1CC2N. The van der Waals surface area contributed by atoms with Crippen molar-refractivity contribution in [3.8, 4) is 0 Å². The molecule has 1 spiro atoms. The maximum absolute atomic E-state index is 6.39. The van der Waals surface area contributed by atoms with Gasteiger partial charge in [0, 0.05) is 17.0 Å². The van der Waals surface area contributed by atoms with E-state index in [1.165, 1.54) is 5.69 Å². The smallest absolute Gasteiger partial charge is 0.0731 e. The molecule has 0 aliphatic carbocycles. The van der Waals surface area contributed by atoms with Crippen molar-refractivity contribution >= 4 is 0 Å². The predicted octanol–water partition coefficient (Wildman–Crippen LogP) is 0.751. The fraction of sp³-hybridized carbons (Fsp3) is 0.846. The van der Waals surface area contributed by atoms with Gasteiger partial charge in [-0.05, 0) is 46.7 Å². The van der Waals surface area contributed by atoms with Gasteiger partial charge in [-0.25, -0.2) is 4.68 Å². The van der Waals surface area contributed by atoms with Gasteiger partial charge in [-0.3, -0.25) is 4.90 Å². The van der Waals surface area contributed by atoms with Crippen molar-refractivity contribution in [1.82, 2.24) is 19.9 Å². The first kappa shape index (κ1) is 12.1. The van der Waals surface area contributed by atoms with E-state index in [-0.39, 0.29) is 17.0 Å². The Hall–Kier alpha value is -0.940. The van der Waals surface area contributed by atoms with Crippen LogP contribution < -0.4 is 5.73 Å². The number of rotatable bonds is 0. The van der Waals surface area contributed by atoms with E-state index in [9.17, 15) is 0 Å². The van der Waals surface area contributed by atoms with Crippen LogP contribution in [-0.2, 0) is 12.0 Å². The van der Waals surface area contributed by atoms with E-state index in [0.717, 1.165) is 32.5 Å². The fourth-order valence-electron chi connectivity index (χ4n) is 3.53. The van der Waals surface area contributed by atoms with Crippen molar-refractivity contribution in [2.75, 3.05) is 13.1 Å². The monoisotopic (exact) mass is 249 g/mol. The molecule has 3 heterocycles. The van der Waals surface area contributed by atoms with E-state index >= 15 is 0 Å². The molecule has 3 rings (SSSR count). The molecule has 1 atom stereocenters. The van der Waals surface area contributed by atoms with Crippen molar-refractivity contribution in [2.24, 2.45) is 5.73 Å². The van der Waals surface area contributed by atoms with Gasteiger partial charge in [0.1, 0.15) is 0 Å². The molecule has 5 heteroatoms. The van der Waals surface area contributed by atoms with Crippen LogP contribution >= 0.6 is 0 Å². The van der Waals surface area contributed by atoms with E-state index < -0.39 is 0 Å². The maximum Gasteiger partial charge on any atom is 0.0731 e. The second-order valence-electron chi connectivity index (χ2n) is 6.72.